The van der Waals surface area contributed by atoms with Crippen LogP contribution in [0.3, 0.4) is 0 Å². The smallest absolute Gasteiger partial charge is 0.0599 e. The van der Waals surface area contributed by atoms with Gasteiger partial charge in [-0.05, 0) is 38.3 Å². The molecule has 1 saturated heterocycles. The van der Waals surface area contributed by atoms with Crippen molar-refractivity contribution in [3.63, 3.8) is 0 Å². The Morgan fingerprint density at radius 3 is 2.58 bits per heavy atom. The van der Waals surface area contributed by atoms with Gasteiger partial charge in [-0.3, -0.25) is 0 Å². The van der Waals surface area contributed by atoms with E-state index in [2.05, 4.69) is 36.1 Å². The molecule has 1 fully saturated rings. The lowest BCUT2D eigenvalue weighted by Crippen LogP contribution is -2.38. The van der Waals surface area contributed by atoms with Crippen LogP contribution in [-0.2, 0) is 4.74 Å². The zero-order valence-corrected chi connectivity index (χ0v) is 11.9. The first kappa shape index (κ1) is 14.5. The molecule has 1 aliphatic rings. The Labute approximate surface area is 116 Å². The van der Waals surface area contributed by atoms with E-state index >= 15 is 0 Å². The fraction of sp³-hybridized carbons (Fsp3) is 0.625. The van der Waals surface area contributed by atoms with E-state index in [1.54, 1.807) is 0 Å². The van der Waals surface area contributed by atoms with Crippen LogP contribution >= 0.6 is 0 Å². The minimum Gasteiger partial charge on any atom is -0.378 e. The van der Waals surface area contributed by atoms with Crippen molar-refractivity contribution in [1.82, 2.24) is 4.90 Å². The molecule has 3 nitrogen and oxygen atoms in total. The predicted molar refractivity (Wildman–Crippen MR) is 79.1 cm³/mol. The second-order valence-electron chi connectivity index (χ2n) is 5.30. The van der Waals surface area contributed by atoms with Crippen molar-refractivity contribution in [2.45, 2.75) is 38.3 Å². The van der Waals surface area contributed by atoms with Gasteiger partial charge in [0.05, 0.1) is 6.10 Å². The van der Waals surface area contributed by atoms with Crippen LogP contribution in [0.5, 0.6) is 0 Å². The van der Waals surface area contributed by atoms with Gasteiger partial charge in [-0.25, -0.2) is 0 Å². The summed E-state index contributed by atoms with van der Waals surface area (Å²) in [5.74, 6) is 0. The number of piperidine rings is 1. The van der Waals surface area contributed by atoms with Crippen LogP contribution in [-0.4, -0.2) is 37.2 Å². The average Bonchev–Trinajstić information content (AvgIpc) is 2.47. The molecular weight excluding hydrogens is 236 g/mol. The summed E-state index contributed by atoms with van der Waals surface area (Å²) in [5, 5.41) is 0. The number of nitrogens with two attached hydrogens (primary N) is 1. The van der Waals surface area contributed by atoms with Gasteiger partial charge < -0.3 is 15.4 Å². The Balaban J connectivity index is 1.69. The van der Waals surface area contributed by atoms with Crippen LogP contribution < -0.4 is 5.73 Å². The highest BCUT2D eigenvalue weighted by atomic mass is 16.5. The largest absolute Gasteiger partial charge is 0.378 e. The Kier molecular flexibility index (Phi) is 5.83. The van der Waals surface area contributed by atoms with Crippen LogP contribution in [0.25, 0.3) is 0 Å². The van der Waals surface area contributed by atoms with Crippen molar-refractivity contribution in [1.29, 1.82) is 0 Å². The Bertz CT molecular complexity index is 347. The third-order valence-electron chi connectivity index (χ3n) is 3.92. The molecular formula is C16H26N2O. The van der Waals surface area contributed by atoms with Gasteiger partial charge in [-0.15, -0.1) is 0 Å². The molecule has 0 radical (unpaired) electrons. The van der Waals surface area contributed by atoms with Gasteiger partial charge in [0.25, 0.3) is 0 Å². The van der Waals surface area contributed by atoms with E-state index in [0.29, 0.717) is 6.10 Å². The third-order valence-corrected chi connectivity index (χ3v) is 3.92. The van der Waals surface area contributed by atoms with Gasteiger partial charge in [0.15, 0.2) is 0 Å². The fourth-order valence-electron chi connectivity index (χ4n) is 2.72. The first-order chi connectivity index (χ1) is 9.29. The zero-order chi connectivity index (χ0) is 13.5. The van der Waals surface area contributed by atoms with Crippen molar-refractivity contribution in [3.8, 4) is 0 Å². The number of rotatable bonds is 6. The highest BCUT2D eigenvalue weighted by Crippen LogP contribution is 2.17. The predicted octanol–water partition coefficient (Wildman–Crippen LogP) is 2.58. The molecule has 0 aromatic heterocycles. The van der Waals surface area contributed by atoms with E-state index in [1.807, 2.05) is 6.07 Å². The van der Waals surface area contributed by atoms with Crippen molar-refractivity contribution in [3.05, 3.63) is 35.9 Å². The highest BCUT2D eigenvalue weighted by Gasteiger charge is 2.19. The van der Waals surface area contributed by atoms with E-state index in [-0.39, 0.29) is 6.04 Å². The normalized spacial score (nSPS) is 19.5. The summed E-state index contributed by atoms with van der Waals surface area (Å²) in [7, 11) is 0. The van der Waals surface area contributed by atoms with E-state index in [1.165, 1.54) is 5.56 Å². The minimum atomic E-state index is 0.158. The maximum absolute atomic E-state index is 6.24. The molecule has 1 aromatic carbocycles. The molecule has 0 aliphatic carbocycles. The lowest BCUT2D eigenvalue weighted by Gasteiger charge is -2.32. The van der Waals surface area contributed by atoms with Crippen LogP contribution in [0.15, 0.2) is 30.3 Å². The van der Waals surface area contributed by atoms with Crippen LogP contribution in [0.1, 0.15) is 37.8 Å². The van der Waals surface area contributed by atoms with Crippen LogP contribution in [0, 0.1) is 0 Å². The van der Waals surface area contributed by atoms with Crippen molar-refractivity contribution >= 4 is 0 Å². The first-order valence-electron chi connectivity index (χ1n) is 7.44. The molecule has 3 heteroatoms. The fourth-order valence-corrected chi connectivity index (χ4v) is 2.72. The maximum atomic E-state index is 6.24. The van der Waals surface area contributed by atoms with Gasteiger partial charge >= 0.3 is 0 Å². The Hall–Kier alpha value is -0.900. The second-order valence-corrected chi connectivity index (χ2v) is 5.30. The van der Waals surface area contributed by atoms with Gasteiger partial charge in [-0.1, -0.05) is 30.3 Å². The van der Waals surface area contributed by atoms with E-state index in [4.69, 9.17) is 10.5 Å². The van der Waals surface area contributed by atoms with Gasteiger partial charge in [0, 0.05) is 25.7 Å². The molecule has 0 bridgehead atoms. The lowest BCUT2D eigenvalue weighted by molar-refractivity contribution is 0.0138. The topological polar surface area (TPSA) is 38.5 Å². The molecule has 1 aliphatic heterocycles. The summed E-state index contributed by atoms with van der Waals surface area (Å²) in [6, 6.07) is 10.5. The summed E-state index contributed by atoms with van der Waals surface area (Å²) in [4.78, 5) is 2.51. The zero-order valence-electron chi connectivity index (χ0n) is 11.9. The molecule has 1 atom stereocenters. The molecule has 19 heavy (non-hydrogen) atoms. The Morgan fingerprint density at radius 1 is 1.26 bits per heavy atom. The highest BCUT2D eigenvalue weighted by molar-refractivity contribution is 5.18. The number of likely N-dealkylation sites (tertiary alicyclic amines) is 1. The summed E-state index contributed by atoms with van der Waals surface area (Å²) in [5.41, 5.74) is 7.48. The summed E-state index contributed by atoms with van der Waals surface area (Å²) >= 11 is 0. The molecule has 2 N–H and O–H groups in total. The molecule has 1 aromatic rings. The molecule has 1 heterocycles. The number of nitrogens with zero attached hydrogens (tertiary/aromatic N) is 1. The minimum absolute atomic E-state index is 0.158. The number of hydrogen-bond donors (Lipinski definition) is 1. The third kappa shape index (κ3) is 4.60. The lowest BCUT2D eigenvalue weighted by atomic mass is 10.0. The number of ether oxygens (including phenoxy) is 1. The number of benzene rings is 1. The molecule has 2 rings (SSSR count). The molecule has 0 spiro atoms. The number of hydrogen-bond acceptors (Lipinski definition) is 3. The molecule has 1 unspecified atom stereocenters. The van der Waals surface area contributed by atoms with Crippen LogP contribution in [0.4, 0.5) is 0 Å². The first-order valence-corrected chi connectivity index (χ1v) is 7.44. The standard InChI is InChI=1S/C16H26N2O/c1-2-19-15-8-11-18(12-9-15)13-10-16(17)14-6-4-3-5-7-14/h3-7,15-16H,2,8-13,17H2,1H3. The van der Waals surface area contributed by atoms with E-state index in [0.717, 1.165) is 45.5 Å². The second kappa shape index (κ2) is 7.63. The van der Waals surface area contributed by atoms with Gasteiger partial charge in [0.1, 0.15) is 0 Å². The van der Waals surface area contributed by atoms with Gasteiger partial charge in [0.2, 0.25) is 0 Å². The van der Waals surface area contributed by atoms with Gasteiger partial charge in [-0.2, -0.15) is 0 Å². The Morgan fingerprint density at radius 2 is 1.95 bits per heavy atom. The summed E-state index contributed by atoms with van der Waals surface area (Å²) < 4.78 is 5.67. The molecule has 0 amide bonds. The maximum Gasteiger partial charge on any atom is 0.0599 e. The van der Waals surface area contributed by atoms with Crippen LogP contribution in [0.2, 0.25) is 0 Å². The molecule has 0 saturated carbocycles. The summed E-state index contributed by atoms with van der Waals surface area (Å²) in [6.45, 7) is 6.29. The average molecular weight is 262 g/mol. The SMILES string of the molecule is CCOC1CCN(CCC(N)c2ccccc2)CC1. The quantitative estimate of drug-likeness (QED) is 0.856. The molecule has 106 valence electrons. The van der Waals surface area contributed by atoms with Crippen molar-refractivity contribution < 1.29 is 4.74 Å². The van der Waals surface area contributed by atoms with E-state index in [9.17, 15) is 0 Å². The van der Waals surface area contributed by atoms with Crippen molar-refractivity contribution in [2.24, 2.45) is 5.73 Å². The summed E-state index contributed by atoms with van der Waals surface area (Å²) in [6.07, 6.45) is 3.83. The monoisotopic (exact) mass is 262 g/mol. The van der Waals surface area contributed by atoms with Crippen molar-refractivity contribution in [2.75, 3.05) is 26.2 Å². The van der Waals surface area contributed by atoms with E-state index < -0.39 is 0 Å².